The van der Waals surface area contributed by atoms with Gasteiger partial charge in [0.05, 0.1) is 6.54 Å². The molecule has 0 aromatic carbocycles. The number of rotatable bonds is 5. The monoisotopic (exact) mass is 255 g/mol. The quantitative estimate of drug-likeness (QED) is 0.750. The van der Waals surface area contributed by atoms with Gasteiger partial charge in [-0.05, 0) is 32.1 Å². The van der Waals surface area contributed by atoms with E-state index in [1.807, 2.05) is 6.92 Å². The van der Waals surface area contributed by atoms with Crippen molar-refractivity contribution in [2.24, 2.45) is 11.7 Å². The first kappa shape index (κ1) is 15.0. The lowest BCUT2D eigenvalue weighted by Crippen LogP contribution is -2.44. The van der Waals surface area contributed by atoms with Crippen molar-refractivity contribution in [1.29, 1.82) is 0 Å². The molecule has 5 nitrogen and oxygen atoms in total. The average molecular weight is 255 g/mol. The van der Waals surface area contributed by atoms with E-state index in [1.54, 1.807) is 11.9 Å². The maximum Gasteiger partial charge on any atom is 0.239 e. The summed E-state index contributed by atoms with van der Waals surface area (Å²) in [7, 11) is 1.59. The predicted octanol–water partition coefficient (Wildman–Crippen LogP) is 0.489. The molecule has 18 heavy (non-hydrogen) atoms. The van der Waals surface area contributed by atoms with Crippen molar-refractivity contribution in [1.82, 2.24) is 10.2 Å². The molecule has 104 valence electrons. The normalized spacial score (nSPS) is 23.5. The van der Waals surface area contributed by atoms with Crippen molar-refractivity contribution in [3.05, 3.63) is 0 Å². The summed E-state index contributed by atoms with van der Waals surface area (Å²) in [6.07, 6.45) is 4.41. The summed E-state index contributed by atoms with van der Waals surface area (Å²) in [5, 5.41) is 2.57. The second-order valence-electron chi connectivity index (χ2n) is 5.04. The smallest absolute Gasteiger partial charge is 0.239 e. The van der Waals surface area contributed by atoms with Crippen LogP contribution in [0.3, 0.4) is 0 Å². The van der Waals surface area contributed by atoms with Gasteiger partial charge in [-0.3, -0.25) is 9.59 Å². The first-order valence-corrected chi connectivity index (χ1v) is 6.83. The highest BCUT2D eigenvalue weighted by molar-refractivity contribution is 5.85. The van der Waals surface area contributed by atoms with Crippen LogP contribution in [-0.4, -0.2) is 42.9 Å². The minimum atomic E-state index is -0.107. The SMILES string of the molecule is CCCN(CC(=O)NC)C(=O)C1CCC(N)CC1. The van der Waals surface area contributed by atoms with Crippen LogP contribution in [0.1, 0.15) is 39.0 Å². The number of carbonyl (C=O) groups is 2. The van der Waals surface area contributed by atoms with Gasteiger partial charge in [0, 0.05) is 25.6 Å². The predicted molar refractivity (Wildman–Crippen MR) is 70.9 cm³/mol. The lowest BCUT2D eigenvalue weighted by atomic mass is 9.85. The van der Waals surface area contributed by atoms with Crippen molar-refractivity contribution < 1.29 is 9.59 Å². The summed E-state index contributed by atoms with van der Waals surface area (Å²) in [6.45, 7) is 2.83. The highest BCUT2D eigenvalue weighted by Crippen LogP contribution is 2.25. The van der Waals surface area contributed by atoms with Crippen LogP contribution in [0.25, 0.3) is 0 Å². The third-order valence-corrected chi connectivity index (χ3v) is 3.54. The molecule has 0 aromatic heterocycles. The number of carbonyl (C=O) groups excluding carboxylic acids is 2. The van der Waals surface area contributed by atoms with E-state index >= 15 is 0 Å². The third-order valence-electron chi connectivity index (χ3n) is 3.54. The fourth-order valence-electron chi connectivity index (χ4n) is 2.41. The van der Waals surface area contributed by atoms with E-state index in [0.717, 1.165) is 32.1 Å². The molecule has 5 heteroatoms. The van der Waals surface area contributed by atoms with Gasteiger partial charge in [0.1, 0.15) is 0 Å². The van der Waals surface area contributed by atoms with E-state index < -0.39 is 0 Å². The van der Waals surface area contributed by atoms with E-state index in [4.69, 9.17) is 5.73 Å². The highest BCUT2D eigenvalue weighted by atomic mass is 16.2. The topological polar surface area (TPSA) is 75.4 Å². The number of nitrogens with zero attached hydrogens (tertiary/aromatic N) is 1. The Balaban J connectivity index is 2.55. The van der Waals surface area contributed by atoms with Crippen molar-refractivity contribution in [2.75, 3.05) is 20.1 Å². The minimum Gasteiger partial charge on any atom is -0.358 e. The van der Waals surface area contributed by atoms with Crippen LogP contribution in [0.15, 0.2) is 0 Å². The van der Waals surface area contributed by atoms with Crippen LogP contribution >= 0.6 is 0 Å². The molecule has 0 bridgehead atoms. The second-order valence-corrected chi connectivity index (χ2v) is 5.04. The molecular formula is C13H25N3O2. The Bertz CT molecular complexity index is 286. The molecule has 0 unspecified atom stereocenters. The van der Waals surface area contributed by atoms with Gasteiger partial charge in [-0.25, -0.2) is 0 Å². The number of likely N-dealkylation sites (N-methyl/N-ethyl adjacent to an activating group) is 1. The van der Waals surface area contributed by atoms with Crippen molar-refractivity contribution in [2.45, 2.75) is 45.1 Å². The van der Waals surface area contributed by atoms with Gasteiger partial charge >= 0.3 is 0 Å². The number of hydrogen-bond donors (Lipinski definition) is 2. The van der Waals surface area contributed by atoms with Crippen molar-refractivity contribution in [3.8, 4) is 0 Å². The lowest BCUT2D eigenvalue weighted by molar-refractivity contribution is -0.140. The molecule has 1 saturated carbocycles. The molecule has 0 atom stereocenters. The van der Waals surface area contributed by atoms with Gasteiger partial charge in [0.2, 0.25) is 11.8 Å². The molecular weight excluding hydrogens is 230 g/mol. The molecule has 0 heterocycles. The van der Waals surface area contributed by atoms with Crippen LogP contribution in [0.4, 0.5) is 0 Å². The van der Waals surface area contributed by atoms with Gasteiger partial charge in [0.25, 0.3) is 0 Å². The molecule has 1 aliphatic rings. The molecule has 2 amide bonds. The van der Waals surface area contributed by atoms with Crippen LogP contribution in [0, 0.1) is 5.92 Å². The highest BCUT2D eigenvalue weighted by Gasteiger charge is 2.28. The second kappa shape index (κ2) is 7.36. The maximum atomic E-state index is 12.4. The fourth-order valence-corrected chi connectivity index (χ4v) is 2.41. The Hall–Kier alpha value is -1.10. The zero-order valence-corrected chi connectivity index (χ0v) is 11.4. The van der Waals surface area contributed by atoms with E-state index in [2.05, 4.69) is 5.32 Å². The Labute approximate surface area is 109 Å². The van der Waals surface area contributed by atoms with Crippen LogP contribution in [0.2, 0.25) is 0 Å². The Kier molecular flexibility index (Phi) is 6.12. The summed E-state index contributed by atoms with van der Waals surface area (Å²) in [5.41, 5.74) is 5.85. The van der Waals surface area contributed by atoms with Gasteiger partial charge in [0.15, 0.2) is 0 Å². The molecule has 0 aromatic rings. The third kappa shape index (κ3) is 4.29. The van der Waals surface area contributed by atoms with E-state index in [1.165, 1.54) is 0 Å². The molecule has 1 rings (SSSR count). The minimum absolute atomic E-state index is 0.0565. The Morgan fingerprint density at radius 1 is 1.28 bits per heavy atom. The molecule has 3 N–H and O–H groups in total. The zero-order chi connectivity index (χ0) is 13.5. The average Bonchev–Trinajstić information content (AvgIpc) is 2.38. The molecule has 0 radical (unpaired) electrons. The standard InChI is InChI=1S/C13H25N3O2/c1-3-8-16(9-12(17)15-2)13(18)10-4-6-11(14)7-5-10/h10-11H,3-9,14H2,1-2H3,(H,15,17). The Morgan fingerprint density at radius 3 is 2.39 bits per heavy atom. The maximum absolute atomic E-state index is 12.4. The van der Waals surface area contributed by atoms with E-state index in [-0.39, 0.29) is 30.3 Å². The van der Waals surface area contributed by atoms with Gasteiger partial charge in [-0.1, -0.05) is 6.92 Å². The molecule has 1 aliphatic carbocycles. The van der Waals surface area contributed by atoms with Crippen LogP contribution in [0.5, 0.6) is 0 Å². The zero-order valence-electron chi connectivity index (χ0n) is 11.4. The molecule has 1 fully saturated rings. The largest absolute Gasteiger partial charge is 0.358 e. The van der Waals surface area contributed by atoms with Gasteiger partial charge < -0.3 is 16.0 Å². The first-order valence-electron chi connectivity index (χ1n) is 6.83. The van der Waals surface area contributed by atoms with E-state index in [0.29, 0.717) is 6.54 Å². The van der Waals surface area contributed by atoms with Crippen LogP contribution < -0.4 is 11.1 Å². The summed E-state index contributed by atoms with van der Waals surface area (Å²) >= 11 is 0. The van der Waals surface area contributed by atoms with E-state index in [9.17, 15) is 9.59 Å². The fraction of sp³-hybridized carbons (Fsp3) is 0.846. The Morgan fingerprint density at radius 2 is 1.89 bits per heavy atom. The summed E-state index contributed by atoms with van der Waals surface area (Å²) in [4.78, 5) is 25.4. The van der Waals surface area contributed by atoms with Gasteiger partial charge in [-0.15, -0.1) is 0 Å². The summed E-state index contributed by atoms with van der Waals surface area (Å²) in [6, 6.07) is 0.243. The van der Waals surface area contributed by atoms with Gasteiger partial charge in [-0.2, -0.15) is 0 Å². The molecule has 0 aliphatic heterocycles. The van der Waals surface area contributed by atoms with Crippen LogP contribution in [-0.2, 0) is 9.59 Å². The summed E-state index contributed by atoms with van der Waals surface area (Å²) in [5.74, 6) is 0.0673. The number of hydrogen-bond acceptors (Lipinski definition) is 3. The number of nitrogens with one attached hydrogen (secondary N) is 1. The number of nitrogens with two attached hydrogens (primary N) is 1. The first-order chi connectivity index (χ1) is 8.58. The van der Waals surface area contributed by atoms with Crippen molar-refractivity contribution >= 4 is 11.8 Å². The lowest BCUT2D eigenvalue weighted by Gasteiger charge is -2.30. The van der Waals surface area contributed by atoms with Crippen molar-refractivity contribution in [3.63, 3.8) is 0 Å². The summed E-state index contributed by atoms with van der Waals surface area (Å²) < 4.78 is 0. The molecule has 0 spiro atoms. The number of amides is 2. The molecule has 0 saturated heterocycles.